The van der Waals surface area contributed by atoms with E-state index in [2.05, 4.69) is 0 Å². The lowest BCUT2D eigenvalue weighted by atomic mass is 10.6. The summed E-state index contributed by atoms with van der Waals surface area (Å²) in [6.45, 7) is 0. The van der Waals surface area contributed by atoms with Crippen molar-refractivity contribution in [2.24, 2.45) is 34.6 Å². The summed E-state index contributed by atoms with van der Waals surface area (Å²) in [5, 5.41) is 1.78. The molecule has 0 fully saturated rings. The molecule has 0 atom stereocenters. The Labute approximate surface area is 63.3 Å². The SMILES string of the molecule is NC1=C(N)N(N)C(N)(N)N1N. The fourth-order valence-electron chi connectivity index (χ4n) is 0.749. The summed E-state index contributed by atoms with van der Waals surface area (Å²) >= 11 is 0. The summed E-state index contributed by atoms with van der Waals surface area (Å²) < 4.78 is 0. The molecule has 0 aromatic rings. The van der Waals surface area contributed by atoms with Gasteiger partial charge in [-0.15, -0.1) is 0 Å². The van der Waals surface area contributed by atoms with Gasteiger partial charge in [0.05, 0.1) is 0 Å². The number of hydrogen-bond donors (Lipinski definition) is 6. The van der Waals surface area contributed by atoms with Crippen LogP contribution in [0.15, 0.2) is 11.6 Å². The van der Waals surface area contributed by atoms with Gasteiger partial charge in [-0.05, 0) is 0 Å². The van der Waals surface area contributed by atoms with E-state index < -0.39 is 5.91 Å². The van der Waals surface area contributed by atoms with Crippen LogP contribution in [0.4, 0.5) is 0 Å². The molecular weight excluding hydrogens is 148 g/mol. The first-order valence-electron chi connectivity index (χ1n) is 2.82. The van der Waals surface area contributed by atoms with E-state index in [1.54, 1.807) is 0 Å². The predicted octanol–water partition coefficient (Wildman–Crippen LogP) is -4.08. The minimum atomic E-state index is -1.55. The second kappa shape index (κ2) is 1.89. The van der Waals surface area contributed by atoms with Crippen LogP contribution in [-0.4, -0.2) is 15.9 Å². The highest BCUT2D eigenvalue weighted by molar-refractivity contribution is 5.14. The average Bonchev–Trinajstić information content (AvgIpc) is 2.06. The predicted molar refractivity (Wildman–Crippen MR) is 38.6 cm³/mol. The van der Waals surface area contributed by atoms with Crippen molar-refractivity contribution in [3.63, 3.8) is 0 Å². The number of nitrogens with two attached hydrogens (primary N) is 6. The molecule has 0 bridgehead atoms. The highest BCUT2D eigenvalue weighted by Crippen LogP contribution is 2.17. The van der Waals surface area contributed by atoms with Gasteiger partial charge in [0, 0.05) is 0 Å². The van der Waals surface area contributed by atoms with Gasteiger partial charge in [-0.2, -0.15) is 0 Å². The van der Waals surface area contributed by atoms with E-state index in [0.29, 0.717) is 0 Å². The third-order valence-corrected chi connectivity index (χ3v) is 1.55. The quantitative estimate of drug-likeness (QED) is 0.154. The van der Waals surface area contributed by atoms with E-state index in [-0.39, 0.29) is 11.6 Å². The first-order chi connectivity index (χ1) is 4.89. The number of hydrazine groups is 2. The molecule has 0 saturated heterocycles. The largest absolute Gasteiger partial charge is 0.381 e. The molecule has 1 aliphatic rings. The maximum Gasteiger partial charge on any atom is 0.253 e. The Morgan fingerprint density at radius 3 is 1.27 bits per heavy atom. The van der Waals surface area contributed by atoms with Gasteiger partial charge in [0.2, 0.25) is 0 Å². The van der Waals surface area contributed by atoms with Gasteiger partial charge in [-0.25, -0.2) is 21.7 Å². The summed E-state index contributed by atoms with van der Waals surface area (Å²) in [5.41, 5.74) is 21.6. The fraction of sp³-hybridized carbons (Fsp3) is 0.333. The van der Waals surface area contributed by atoms with E-state index in [0.717, 1.165) is 10.0 Å². The van der Waals surface area contributed by atoms with Crippen molar-refractivity contribution in [1.82, 2.24) is 10.0 Å². The zero-order chi connectivity index (χ0) is 8.81. The molecule has 8 heteroatoms. The Morgan fingerprint density at radius 2 is 1.18 bits per heavy atom. The van der Waals surface area contributed by atoms with Gasteiger partial charge < -0.3 is 11.5 Å². The molecule has 0 aliphatic carbocycles. The molecule has 12 N–H and O–H groups in total. The summed E-state index contributed by atoms with van der Waals surface area (Å²) in [4.78, 5) is 0. The van der Waals surface area contributed by atoms with Crippen LogP contribution in [0.2, 0.25) is 0 Å². The maximum absolute atomic E-state index is 5.42. The van der Waals surface area contributed by atoms with E-state index in [1.807, 2.05) is 0 Å². The lowest BCUT2D eigenvalue weighted by molar-refractivity contribution is 0.0246. The molecule has 0 spiro atoms. The molecule has 0 radical (unpaired) electrons. The molecule has 11 heavy (non-hydrogen) atoms. The molecule has 1 aliphatic heterocycles. The fourth-order valence-corrected chi connectivity index (χ4v) is 0.749. The van der Waals surface area contributed by atoms with Crippen molar-refractivity contribution in [1.29, 1.82) is 0 Å². The molecule has 1 rings (SSSR count). The van der Waals surface area contributed by atoms with Crippen molar-refractivity contribution in [2.75, 3.05) is 0 Å². The second-order valence-electron chi connectivity index (χ2n) is 2.29. The standard InChI is InChI=1S/C3H12N8/c4-1-2(5)11(9)3(6,7)10(1)8/h4-9H2. The third kappa shape index (κ3) is 0.778. The molecule has 0 aromatic heterocycles. The summed E-state index contributed by atoms with van der Waals surface area (Å²) in [6.07, 6.45) is 0. The van der Waals surface area contributed by atoms with Crippen molar-refractivity contribution >= 4 is 0 Å². The molecule has 0 unspecified atom stereocenters. The van der Waals surface area contributed by atoms with Crippen LogP contribution in [-0.2, 0) is 0 Å². The molecule has 1 heterocycles. The number of rotatable bonds is 0. The summed E-state index contributed by atoms with van der Waals surface area (Å²) in [6, 6.07) is 0. The zero-order valence-electron chi connectivity index (χ0n) is 5.86. The Kier molecular flexibility index (Phi) is 1.35. The Bertz CT molecular complexity index is 185. The van der Waals surface area contributed by atoms with Crippen LogP contribution in [0.3, 0.4) is 0 Å². The van der Waals surface area contributed by atoms with Crippen LogP contribution in [0.5, 0.6) is 0 Å². The molecule has 0 aromatic carbocycles. The van der Waals surface area contributed by atoms with Crippen LogP contribution in [0, 0.1) is 0 Å². The van der Waals surface area contributed by atoms with Gasteiger partial charge in [-0.1, -0.05) is 0 Å². The maximum atomic E-state index is 5.42. The molecule has 8 nitrogen and oxygen atoms in total. The van der Waals surface area contributed by atoms with Crippen LogP contribution in [0.1, 0.15) is 0 Å². The Morgan fingerprint density at radius 1 is 0.909 bits per heavy atom. The van der Waals surface area contributed by atoms with Crippen molar-refractivity contribution in [2.45, 2.75) is 5.91 Å². The normalized spacial score (nSPS) is 23.3. The molecule has 0 amide bonds. The van der Waals surface area contributed by atoms with E-state index >= 15 is 0 Å². The Balaban J connectivity index is 3.02. The minimum Gasteiger partial charge on any atom is -0.381 e. The highest BCUT2D eigenvalue weighted by atomic mass is 15.8. The van der Waals surface area contributed by atoms with Crippen LogP contribution in [0.25, 0.3) is 0 Å². The minimum absolute atomic E-state index is 0.0532. The topological polar surface area (TPSA) is 163 Å². The Hall–Kier alpha value is -1.22. The zero-order valence-corrected chi connectivity index (χ0v) is 5.86. The van der Waals surface area contributed by atoms with E-state index in [4.69, 9.17) is 34.6 Å². The van der Waals surface area contributed by atoms with Crippen LogP contribution >= 0.6 is 0 Å². The van der Waals surface area contributed by atoms with Crippen molar-refractivity contribution < 1.29 is 0 Å². The number of nitrogens with zero attached hydrogens (tertiary/aromatic N) is 2. The average molecular weight is 160 g/mol. The lowest BCUT2D eigenvalue weighted by Gasteiger charge is -2.33. The van der Waals surface area contributed by atoms with Crippen molar-refractivity contribution in [3.8, 4) is 0 Å². The number of hydrogen-bond acceptors (Lipinski definition) is 8. The van der Waals surface area contributed by atoms with E-state index in [9.17, 15) is 0 Å². The van der Waals surface area contributed by atoms with Gasteiger partial charge >= 0.3 is 0 Å². The monoisotopic (exact) mass is 160 g/mol. The third-order valence-electron chi connectivity index (χ3n) is 1.55. The second-order valence-corrected chi connectivity index (χ2v) is 2.29. The first-order valence-corrected chi connectivity index (χ1v) is 2.82. The smallest absolute Gasteiger partial charge is 0.253 e. The van der Waals surface area contributed by atoms with E-state index in [1.165, 1.54) is 0 Å². The molecule has 64 valence electrons. The van der Waals surface area contributed by atoms with Gasteiger partial charge in [0.25, 0.3) is 5.91 Å². The molecule has 0 saturated carbocycles. The lowest BCUT2D eigenvalue weighted by Crippen LogP contribution is -2.72. The van der Waals surface area contributed by atoms with Gasteiger partial charge in [-0.3, -0.25) is 11.5 Å². The summed E-state index contributed by atoms with van der Waals surface area (Å²) in [7, 11) is 0. The summed E-state index contributed by atoms with van der Waals surface area (Å²) in [5.74, 6) is 9.23. The highest BCUT2D eigenvalue weighted by Gasteiger charge is 2.41. The van der Waals surface area contributed by atoms with Gasteiger partial charge in [0.1, 0.15) is 0 Å². The molecular formula is C3H12N8. The first kappa shape index (κ1) is 7.88. The van der Waals surface area contributed by atoms with Gasteiger partial charge in [0.15, 0.2) is 11.6 Å². The van der Waals surface area contributed by atoms with Crippen molar-refractivity contribution in [3.05, 3.63) is 11.6 Å². The van der Waals surface area contributed by atoms with Crippen LogP contribution < -0.4 is 34.6 Å².